The lowest BCUT2D eigenvalue weighted by atomic mass is 9.92. The van der Waals surface area contributed by atoms with Crippen molar-refractivity contribution in [3.63, 3.8) is 0 Å². The Labute approximate surface area is 115 Å². The second-order valence-corrected chi connectivity index (χ2v) is 5.25. The van der Waals surface area contributed by atoms with E-state index in [1.165, 1.54) is 6.07 Å². The molecule has 1 heterocycles. The predicted molar refractivity (Wildman–Crippen MR) is 71.4 cm³/mol. The summed E-state index contributed by atoms with van der Waals surface area (Å²) >= 11 is 3.23. The highest BCUT2D eigenvalue weighted by atomic mass is 79.9. The zero-order chi connectivity index (χ0) is 13.1. The smallest absolute Gasteiger partial charge is 0.141 e. The van der Waals surface area contributed by atoms with Crippen molar-refractivity contribution in [3.05, 3.63) is 28.0 Å². The Morgan fingerprint density at radius 2 is 2.33 bits per heavy atom. The molecule has 1 aliphatic heterocycles. The summed E-state index contributed by atoms with van der Waals surface area (Å²) in [6, 6.07) is 3.31. The molecule has 2 unspecified atom stereocenters. The van der Waals surface area contributed by atoms with Gasteiger partial charge in [-0.3, -0.25) is 0 Å². The molecule has 1 fully saturated rings. The Morgan fingerprint density at radius 1 is 1.56 bits per heavy atom. The van der Waals surface area contributed by atoms with Crippen LogP contribution >= 0.6 is 15.9 Å². The normalized spacial score (nSPS) is 21.0. The Hall–Kier alpha value is -0.650. The lowest BCUT2D eigenvalue weighted by molar-refractivity contribution is 0.177. The van der Waals surface area contributed by atoms with Crippen LogP contribution in [0.2, 0.25) is 0 Å². The molecule has 100 valence electrons. The summed E-state index contributed by atoms with van der Waals surface area (Å²) in [7, 11) is 3.46. The number of rotatable bonds is 4. The van der Waals surface area contributed by atoms with Gasteiger partial charge in [-0.2, -0.15) is 0 Å². The van der Waals surface area contributed by atoms with Crippen LogP contribution in [0.3, 0.4) is 0 Å². The van der Waals surface area contributed by atoms with Gasteiger partial charge in [-0.15, -0.1) is 0 Å². The van der Waals surface area contributed by atoms with E-state index < -0.39 is 0 Å². The molecule has 1 saturated heterocycles. The Bertz CT molecular complexity index is 422. The molecule has 0 amide bonds. The molecule has 1 aromatic rings. The van der Waals surface area contributed by atoms with E-state index in [4.69, 9.17) is 9.47 Å². The molecule has 18 heavy (non-hydrogen) atoms. The van der Waals surface area contributed by atoms with E-state index in [1.807, 2.05) is 7.05 Å². The van der Waals surface area contributed by atoms with E-state index in [0.29, 0.717) is 16.1 Å². The van der Waals surface area contributed by atoms with Crippen molar-refractivity contribution in [1.82, 2.24) is 5.32 Å². The van der Waals surface area contributed by atoms with Crippen molar-refractivity contribution < 1.29 is 13.9 Å². The van der Waals surface area contributed by atoms with E-state index in [-0.39, 0.29) is 11.9 Å². The maximum atomic E-state index is 13.5. The van der Waals surface area contributed by atoms with E-state index in [9.17, 15) is 4.39 Å². The molecule has 5 heteroatoms. The van der Waals surface area contributed by atoms with Gasteiger partial charge in [0.25, 0.3) is 0 Å². The molecule has 2 atom stereocenters. The van der Waals surface area contributed by atoms with Gasteiger partial charge in [0.05, 0.1) is 18.2 Å². The van der Waals surface area contributed by atoms with Crippen molar-refractivity contribution in [2.24, 2.45) is 5.92 Å². The van der Waals surface area contributed by atoms with Crippen LogP contribution in [-0.4, -0.2) is 27.4 Å². The quantitative estimate of drug-likeness (QED) is 0.926. The van der Waals surface area contributed by atoms with Gasteiger partial charge in [-0.05, 0) is 35.5 Å². The Balaban J connectivity index is 2.37. The van der Waals surface area contributed by atoms with E-state index in [0.717, 1.165) is 25.2 Å². The molecule has 0 aliphatic carbocycles. The van der Waals surface area contributed by atoms with Crippen LogP contribution in [-0.2, 0) is 4.74 Å². The molecular weight excluding hydrogens is 301 g/mol. The molecular formula is C13H17BrFNO2. The van der Waals surface area contributed by atoms with Gasteiger partial charge in [0.15, 0.2) is 0 Å². The van der Waals surface area contributed by atoms with Gasteiger partial charge < -0.3 is 14.8 Å². The summed E-state index contributed by atoms with van der Waals surface area (Å²) in [5.74, 6) is 0.649. The second kappa shape index (κ2) is 5.99. The molecule has 0 radical (unpaired) electrons. The summed E-state index contributed by atoms with van der Waals surface area (Å²) < 4.78 is 24.7. The summed E-state index contributed by atoms with van der Waals surface area (Å²) in [5, 5.41) is 3.28. The Morgan fingerprint density at radius 3 is 2.89 bits per heavy atom. The van der Waals surface area contributed by atoms with Crippen LogP contribution in [0, 0.1) is 11.7 Å². The monoisotopic (exact) mass is 317 g/mol. The lowest BCUT2D eigenvalue weighted by Gasteiger charge is -2.24. The SMILES string of the molecule is CNC(c1cc(Br)c(F)cc1OC)C1CCOC1. The number of halogens is 2. The minimum Gasteiger partial charge on any atom is -0.496 e. The second-order valence-electron chi connectivity index (χ2n) is 4.40. The zero-order valence-corrected chi connectivity index (χ0v) is 12.1. The fraction of sp³-hybridized carbons (Fsp3) is 0.538. The van der Waals surface area contributed by atoms with Crippen molar-refractivity contribution in [1.29, 1.82) is 0 Å². The molecule has 0 spiro atoms. The van der Waals surface area contributed by atoms with Crippen LogP contribution in [0.25, 0.3) is 0 Å². The number of benzene rings is 1. The topological polar surface area (TPSA) is 30.5 Å². The number of methoxy groups -OCH3 is 1. The third-order valence-electron chi connectivity index (χ3n) is 3.36. The van der Waals surface area contributed by atoms with Crippen LogP contribution in [0.4, 0.5) is 4.39 Å². The highest BCUT2D eigenvalue weighted by Crippen LogP contribution is 2.36. The molecule has 1 aromatic carbocycles. The number of nitrogens with one attached hydrogen (secondary N) is 1. The summed E-state index contributed by atoms with van der Waals surface area (Å²) in [6.45, 7) is 1.51. The van der Waals surface area contributed by atoms with Crippen LogP contribution in [0.15, 0.2) is 16.6 Å². The van der Waals surface area contributed by atoms with Gasteiger partial charge >= 0.3 is 0 Å². The molecule has 1 aliphatic rings. The van der Waals surface area contributed by atoms with Crippen molar-refractivity contribution >= 4 is 15.9 Å². The van der Waals surface area contributed by atoms with Crippen LogP contribution < -0.4 is 10.1 Å². The maximum absolute atomic E-state index is 13.5. The highest BCUT2D eigenvalue weighted by molar-refractivity contribution is 9.10. The Kier molecular flexibility index (Phi) is 4.59. The first-order valence-corrected chi connectivity index (χ1v) is 6.74. The molecule has 0 bridgehead atoms. The number of hydrogen-bond acceptors (Lipinski definition) is 3. The van der Waals surface area contributed by atoms with Crippen LogP contribution in [0.5, 0.6) is 5.75 Å². The van der Waals surface area contributed by atoms with Crippen molar-refractivity contribution in [2.45, 2.75) is 12.5 Å². The maximum Gasteiger partial charge on any atom is 0.141 e. The average molecular weight is 318 g/mol. The summed E-state index contributed by atoms with van der Waals surface area (Å²) in [4.78, 5) is 0. The first-order valence-electron chi connectivity index (χ1n) is 5.95. The first-order chi connectivity index (χ1) is 8.67. The van der Waals surface area contributed by atoms with Gasteiger partial charge in [-0.25, -0.2) is 4.39 Å². The minimum absolute atomic E-state index is 0.111. The van der Waals surface area contributed by atoms with Crippen LogP contribution in [0.1, 0.15) is 18.0 Å². The zero-order valence-electron chi connectivity index (χ0n) is 10.5. The third-order valence-corrected chi connectivity index (χ3v) is 3.96. The van der Waals surface area contributed by atoms with Crippen molar-refractivity contribution in [2.75, 3.05) is 27.4 Å². The standard InChI is InChI=1S/C13H17BrFNO2/c1-16-13(8-3-4-18-7-8)9-5-10(14)11(15)6-12(9)17-2/h5-6,8,13,16H,3-4,7H2,1-2H3. The van der Waals surface area contributed by atoms with E-state index >= 15 is 0 Å². The van der Waals surface area contributed by atoms with Gasteiger partial charge in [0, 0.05) is 30.2 Å². The average Bonchev–Trinajstić information content (AvgIpc) is 2.88. The predicted octanol–water partition coefficient (Wildman–Crippen LogP) is 2.89. The molecule has 3 nitrogen and oxygen atoms in total. The fourth-order valence-corrected chi connectivity index (χ4v) is 2.79. The molecule has 1 N–H and O–H groups in total. The van der Waals surface area contributed by atoms with Gasteiger partial charge in [0.1, 0.15) is 11.6 Å². The summed E-state index contributed by atoms with van der Waals surface area (Å²) in [6.07, 6.45) is 1.00. The van der Waals surface area contributed by atoms with E-state index in [1.54, 1.807) is 13.2 Å². The summed E-state index contributed by atoms with van der Waals surface area (Å²) in [5.41, 5.74) is 0.962. The number of hydrogen-bond donors (Lipinski definition) is 1. The first kappa shape index (κ1) is 13.8. The molecule has 0 saturated carbocycles. The highest BCUT2D eigenvalue weighted by Gasteiger charge is 2.28. The van der Waals surface area contributed by atoms with Gasteiger partial charge in [0.2, 0.25) is 0 Å². The van der Waals surface area contributed by atoms with Crippen molar-refractivity contribution in [3.8, 4) is 5.75 Å². The minimum atomic E-state index is -0.312. The largest absolute Gasteiger partial charge is 0.496 e. The third kappa shape index (κ3) is 2.68. The molecule has 2 rings (SSSR count). The van der Waals surface area contributed by atoms with Gasteiger partial charge in [-0.1, -0.05) is 0 Å². The van der Waals surface area contributed by atoms with E-state index in [2.05, 4.69) is 21.2 Å². The number of ether oxygens (including phenoxy) is 2. The molecule has 0 aromatic heterocycles. The fourth-order valence-electron chi connectivity index (χ4n) is 2.42. The lowest BCUT2D eigenvalue weighted by Crippen LogP contribution is -2.26.